The summed E-state index contributed by atoms with van der Waals surface area (Å²) in [4.78, 5) is 54.1. The predicted octanol–water partition coefficient (Wildman–Crippen LogP) is 3.78. The number of ether oxygens (including phenoxy) is 2. The Labute approximate surface area is 247 Å². The van der Waals surface area contributed by atoms with Gasteiger partial charge in [0.05, 0.1) is 0 Å². The molecule has 0 aliphatic rings. The molecule has 0 saturated heterocycles. The number of nitrogens with zero attached hydrogens (tertiary/aromatic N) is 1. The van der Waals surface area contributed by atoms with Crippen molar-refractivity contribution in [2.75, 3.05) is 12.8 Å². The van der Waals surface area contributed by atoms with Crippen LogP contribution in [0, 0.1) is 0 Å². The van der Waals surface area contributed by atoms with Crippen LogP contribution in [-0.4, -0.2) is 70.0 Å². The molecule has 0 radical (unpaired) electrons. The second kappa shape index (κ2) is 14.2. The Hall–Kier alpha value is -3.73. The fraction of sp³-hybridized carbons (Fsp3) is 0.467. The van der Waals surface area contributed by atoms with Gasteiger partial charge in [-0.1, -0.05) is 42.5 Å². The van der Waals surface area contributed by atoms with E-state index in [1.807, 2.05) is 30.3 Å². The topological polar surface area (TPSA) is 134 Å². The van der Waals surface area contributed by atoms with Crippen molar-refractivity contribution in [2.45, 2.75) is 77.3 Å². The summed E-state index contributed by atoms with van der Waals surface area (Å²) in [6, 6.07) is 11.5. The van der Waals surface area contributed by atoms with Crippen LogP contribution in [0.5, 0.6) is 5.75 Å². The Morgan fingerprint density at radius 3 is 2.02 bits per heavy atom. The first-order chi connectivity index (χ1) is 19.0. The van der Waals surface area contributed by atoms with Crippen LogP contribution in [0.4, 0.5) is 4.79 Å². The molecule has 3 N–H and O–H groups in total. The van der Waals surface area contributed by atoms with Gasteiger partial charge in [-0.05, 0) is 64.8 Å². The highest BCUT2D eigenvalue weighted by atomic mass is 32.1. The molecular formula is C30H41N3O7S. The summed E-state index contributed by atoms with van der Waals surface area (Å²) in [5.74, 6) is -2.16. The van der Waals surface area contributed by atoms with E-state index in [1.54, 1.807) is 47.6 Å². The van der Waals surface area contributed by atoms with Crippen molar-refractivity contribution in [3.8, 4) is 5.75 Å². The molecule has 0 spiro atoms. The number of rotatable bonds is 10. The van der Waals surface area contributed by atoms with Gasteiger partial charge in [-0.25, -0.2) is 9.59 Å². The first-order valence-corrected chi connectivity index (χ1v) is 13.9. The van der Waals surface area contributed by atoms with Crippen LogP contribution in [0.1, 0.15) is 58.7 Å². The molecule has 10 nitrogen and oxygen atoms in total. The molecule has 41 heavy (non-hydrogen) atoms. The monoisotopic (exact) mass is 587 g/mol. The van der Waals surface area contributed by atoms with Gasteiger partial charge in [-0.15, -0.1) is 0 Å². The smallest absolute Gasteiger partial charge is 0.408 e. The number of hydrogen-bond donors (Lipinski definition) is 4. The molecule has 0 saturated carbocycles. The minimum atomic E-state index is -1.28. The third kappa shape index (κ3) is 11.0. The fourth-order valence-electron chi connectivity index (χ4n) is 3.92. The number of carbonyl (C=O) groups is 4. The number of phenolic OH excluding ortho intramolecular Hbond substituents is 1. The van der Waals surface area contributed by atoms with Crippen molar-refractivity contribution in [2.24, 2.45) is 0 Å². The molecule has 11 heteroatoms. The minimum absolute atomic E-state index is 0.0780. The van der Waals surface area contributed by atoms with Gasteiger partial charge in [0.15, 0.2) is 0 Å². The van der Waals surface area contributed by atoms with E-state index in [2.05, 4.69) is 23.3 Å². The van der Waals surface area contributed by atoms with Crippen molar-refractivity contribution in [1.82, 2.24) is 15.5 Å². The van der Waals surface area contributed by atoms with Gasteiger partial charge in [-0.2, -0.15) is 12.6 Å². The maximum absolute atomic E-state index is 13.9. The van der Waals surface area contributed by atoms with Crippen molar-refractivity contribution >= 4 is 36.5 Å². The average molecular weight is 588 g/mol. The SMILES string of the molecule is CN(C(=O)C(CS)NC(=O)OC(C)(C)C)C(C(=O)NC(Cc1ccccc1)C(=O)OC(C)(C)C)c1cccc(O)c1. The average Bonchev–Trinajstić information content (AvgIpc) is 2.85. The lowest BCUT2D eigenvalue weighted by Crippen LogP contribution is -2.54. The molecule has 3 atom stereocenters. The summed E-state index contributed by atoms with van der Waals surface area (Å²) in [6.45, 7) is 10.2. The standard InChI is InChI=1S/C30H41N3O7S/c1-29(2,3)39-27(37)22(16-19-12-9-8-10-13-19)31-25(35)24(20-14-11-15-21(34)17-20)33(7)26(36)23(18-41)32-28(38)40-30(4,5)6/h8-15,17,22-24,34,41H,16,18H2,1-7H3,(H,31,35)(H,32,38). The first kappa shape index (κ1) is 33.5. The minimum Gasteiger partial charge on any atom is -0.508 e. The van der Waals surface area contributed by atoms with Crippen molar-refractivity contribution in [3.05, 3.63) is 65.7 Å². The molecule has 3 unspecified atom stereocenters. The Morgan fingerprint density at radius 2 is 1.49 bits per heavy atom. The largest absolute Gasteiger partial charge is 0.508 e. The van der Waals surface area contributed by atoms with Gasteiger partial charge in [0.2, 0.25) is 11.8 Å². The molecule has 0 bridgehead atoms. The highest BCUT2D eigenvalue weighted by Crippen LogP contribution is 2.25. The number of benzene rings is 2. The molecule has 0 aliphatic heterocycles. The molecule has 2 rings (SSSR count). The van der Waals surface area contributed by atoms with Crippen molar-refractivity contribution in [1.29, 1.82) is 0 Å². The van der Waals surface area contributed by atoms with Crippen molar-refractivity contribution in [3.63, 3.8) is 0 Å². The third-order valence-electron chi connectivity index (χ3n) is 5.63. The van der Waals surface area contributed by atoms with Gasteiger partial charge < -0.3 is 30.1 Å². The highest BCUT2D eigenvalue weighted by Gasteiger charge is 2.36. The number of carbonyl (C=O) groups excluding carboxylic acids is 4. The Bertz CT molecular complexity index is 1210. The van der Waals surface area contributed by atoms with E-state index in [0.29, 0.717) is 0 Å². The van der Waals surface area contributed by atoms with E-state index in [-0.39, 0.29) is 23.5 Å². The number of phenols is 1. The molecule has 0 heterocycles. The second-order valence-corrected chi connectivity index (χ2v) is 12.0. The quantitative estimate of drug-likeness (QED) is 0.246. The van der Waals surface area contributed by atoms with E-state index in [0.717, 1.165) is 10.5 Å². The summed E-state index contributed by atoms with van der Waals surface area (Å²) >= 11 is 4.22. The summed E-state index contributed by atoms with van der Waals surface area (Å²) < 4.78 is 10.8. The number of hydrogen-bond acceptors (Lipinski definition) is 8. The molecule has 0 fully saturated rings. The summed E-state index contributed by atoms with van der Waals surface area (Å²) in [5.41, 5.74) is -0.518. The lowest BCUT2D eigenvalue weighted by molar-refractivity contribution is -0.159. The molecular weight excluding hydrogens is 546 g/mol. The van der Waals surface area contributed by atoms with Gasteiger partial charge in [0.1, 0.15) is 35.1 Å². The van der Waals surface area contributed by atoms with Crippen molar-refractivity contribution < 1.29 is 33.8 Å². The lowest BCUT2D eigenvalue weighted by atomic mass is 10.0. The van der Waals surface area contributed by atoms with Crippen LogP contribution in [0.25, 0.3) is 0 Å². The number of esters is 1. The first-order valence-electron chi connectivity index (χ1n) is 13.2. The Balaban J connectivity index is 2.41. The van der Waals surface area contributed by atoms with Crippen LogP contribution in [-0.2, 0) is 30.3 Å². The van der Waals surface area contributed by atoms with Gasteiger partial charge in [-0.3, -0.25) is 9.59 Å². The fourth-order valence-corrected chi connectivity index (χ4v) is 4.17. The van der Waals surface area contributed by atoms with Crippen LogP contribution in [0.3, 0.4) is 0 Å². The van der Waals surface area contributed by atoms with Gasteiger partial charge in [0.25, 0.3) is 0 Å². The number of likely N-dealkylation sites (N-methyl/N-ethyl adjacent to an activating group) is 1. The highest BCUT2D eigenvalue weighted by molar-refractivity contribution is 7.80. The van der Waals surface area contributed by atoms with Gasteiger partial charge >= 0.3 is 12.1 Å². The molecule has 3 amide bonds. The molecule has 224 valence electrons. The Kier molecular flexibility index (Phi) is 11.6. The summed E-state index contributed by atoms with van der Waals surface area (Å²) in [7, 11) is 1.39. The van der Waals surface area contributed by atoms with Gasteiger partial charge in [0, 0.05) is 19.2 Å². The Morgan fingerprint density at radius 1 is 0.878 bits per heavy atom. The molecule has 2 aromatic carbocycles. The molecule has 0 aromatic heterocycles. The third-order valence-corrected chi connectivity index (χ3v) is 6.00. The zero-order valence-electron chi connectivity index (χ0n) is 24.6. The molecule has 0 aliphatic carbocycles. The van der Waals surface area contributed by atoms with E-state index in [4.69, 9.17) is 9.47 Å². The van der Waals surface area contributed by atoms with E-state index >= 15 is 0 Å². The van der Waals surface area contributed by atoms with E-state index < -0.39 is 53.2 Å². The maximum atomic E-state index is 13.9. The van der Waals surface area contributed by atoms with Crippen LogP contribution in [0.15, 0.2) is 54.6 Å². The second-order valence-electron chi connectivity index (χ2n) is 11.6. The number of alkyl carbamates (subject to hydrolysis) is 1. The molecule has 2 aromatic rings. The number of amides is 3. The van der Waals surface area contributed by atoms with Crippen LogP contribution in [0.2, 0.25) is 0 Å². The predicted molar refractivity (Wildman–Crippen MR) is 159 cm³/mol. The summed E-state index contributed by atoms with van der Waals surface area (Å²) in [5, 5.41) is 15.4. The van der Waals surface area contributed by atoms with E-state index in [9.17, 15) is 24.3 Å². The lowest BCUT2D eigenvalue weighted by Gasteiger charge is -2.32. The number of thiol groups is 1. The number of aromatic hydroxyl groups is 1. The van der Waals surface area contributed by atoms with E-state index in [1.165, 1.54) is 25.2 Å². The van der Waals surface area contributed by atoms with Crippen LogP contribution < -0.4 is 10.6 Å². The zero-order chi connectivity index (χ0) is 31.0. The van der Waals surface area contributed by atoms with Crippen LogP contribution >= 0.6 is 12.6 Å². The normalized spacial score (nSPS) is 13.8. The zero-order valence-corrected chi connectivity index (χ0v) is 25.5. The maximum Gasteiger partial charge on any atom is 0.408 e. The summed E-state index contributed by atoms with van der Waals surface area (Å²) in [6.07, 6.45) is -0.671. The number of nitrogens with one attached hydrogen (secondary N) is 2.